The number of hydrogen-bond acceptors (Lipinski definition) is 6. The Labute approximate surface area is 215 Å². The fourth-order valence-electron chi connectivity index (χ4n) is 5.37. The minimum Gasteiger partial charge on any atom is -0.309 e. The number of rotatable bonds is 3. The maximum Gasteiger partial charge on any atom is 0.0907 e. The lowest BCUT2D eigenvalue weighted by atomic mass is 10.2. The molecule has 0 aliphatic heterocycles. The van der Waals surface area contributed by atoms with Gasteiger partial charge in [-0.15, -0.1) is 0 Å². The first-order valence-corrected chi connectivity index (χ1v) is 12.2. The third kappa shape index (κ3) is 2.97. The third-order valence-corrected chi connectivity index (χ3v) is 7.00. The Morgan fingerprint density at radius 1 is 0.395 bits per heavy atom. The maximum atomic E-state index is 4.70. The lowest BCUT2D eigenvalue weighted by molar-refractivity contribution is 1.13. The third-order valence-electron chi connectivity index (χ3n) is 7.00. The van der Waals surface area contributed by atoms with E-state index in [1.165, 1.54) is 0 Å². The van der Waals surface area contributed by atoms with Gasteiger partial charge in [-0.3, -0.25) is 29.9 Å². The number of hydrogen-bond donors (Lipinski definition) is 0. The number of nitrogens with zero attached hydrogens (tertiary/aromatic N) is 8. The molecule has 8 heteroatoms. The molecule has 0 fully saturated rings. The molecule has 0 radical (unpaired) electrons. The van der Waals surface area contributed by atoms with Gasteiger partial charge in [-0.05, 0) is 48.5 Å². The topological polar surface area (TPSA) is 87.2 Å². The molecule has 0 saturated carbocycles. The highest BCUT2D eigenvalue weighted by Crippen LogP contribution is 2.33. The Morgan fingerprint density at radius 2 is 0.737 bits per heavy atom. The van der Waals surface area contributed by atoms with Gasteiger partial charge in [-0.2, -0.15) is 0 Å². The Morgan fingerprint density at radius 3 is 1.08 bits per heavy atom. The van der Waals surface area contributed by atoms with Crippen LogP contribution in [0.25, 0.3) is 66.4 Å². The normalized spacial score (nSPS) is 11.7. The minimum absolute atomic E-state index is 0.784. The predicted molar refractivity (Wildman–Crippen MR) is 147 cm³/mol. The molecule has 0 unspecified atom stereocenters. The second-order valence-corrected chi connectivity index (χ2v) is 9.04. The Hall–Kier alpha value is -5.50. The van der Waals surface area contributed by atoms with Crippen LogP contribution < -0.4 is 0 Å². The lowest BCUT2D eigenvalue weighted by Gasteiger charge is -2.11. The molecule has 0 aliphatic carbocycles. The van der Waals surface area contributed by atoms with E-state index in [-0.39, 0.29) is 0 Å². The summed E-state index contributed by atoms with van der Waals surface area (Å²) in [5.41, 5.74) is 7.81. The molecule has 0 aliphatic rings. The minimum atomic E-state index is 0.784. The van der Waals surface area contributed by atoms with Crippen LogP contribution in [0.1, 0.15) is 0 Å². The molecular weight excluding hydrogens is 472 g/mol. The molecule has 8 aromatic heterocycles. The monoisotopic (exact) mass is 490 g/mol. The first-order chi connectivity index (χ1) is 18.9. The van der Waals surface area contributed by atoms with E-state index in [2.05, 4.69) is 41.2 Å². The van der Waals surface area contributed by atoms with E-state index in [4.69, 9.17) is 9.97 Å². The molecule has 0 bridgehead atoms. The van der Waals surface area contributed by atoms with E-state index >= 15 is 0 Å². The molecule has 8 heterocycles. The maximum absolute atomic E-state index is 4.70. The fourth-order valence-corrected chi connectivity index (χ4v) is 5.37. The van der Waals surface area contributed by atoms with Crippen molar-refractivity contribution in [3.05, 3.63) is 110 Å². The zero-order chi connectivity index (χ0) is 25.1. The first-order valence-electron chi connectivity index (χ1n) is 12.2. The summed E-state index contributed by atoms with van der Waals surface area (Å²) in [6, 6.07) is 16.3. The van der Waals surface area contributed by atoms with E-state index in [1.807, 2.05) is 98.4 Å². The Kier molecular flexibility index (Phi) is 4.35. The number of pyridine rings is 6. The summed E-state index contributed by atoms with van der Waals surface area (Å²) >= 11 is 0. The molecule has 8 nitrogen and oxygen atoms in total. The average molecular weight is 491 g/mol. The van der Waals surface area contributed by atoms with E-state index < -0.39 is 0 Å². The Bertz CT molecular complexity index is 1900. The highest BCUT2D eigenvalue weighted by Gasteiger charge is 2.15. The first kappa shape index (κ1) is 20.7. The van der Waals surface area contributed by atoms with Gasteiger partial charge in [0.25, 0.3) is 0 Å². The van der Waals surface area contributed by atoms with Crippen molar-refractivity contribution >= 4 is 43.6 Å². The molecule has 0 aromatic carbocycles. The molecule has 0 N–H and O–H groups in total. The van der Waals surface area contributed by atoms with Crippen LogP contribution in [0, 0.1) is 0 Å². The van der Waals surface area contributed by atoms with E-state index in [1.54, 1.807) is 0 Å². The SMILES string of the molecule is c1cc2c(cn1)c1cnccc1n2-c1ccnc(-c2cc(-n3c4ccncc4c4cnccc43)ccn2)c1. The van der Waals surface area contributed by atoms with Gasteiger partial charge < -0.3 is 9.13 Å². The van der Waals surface area contributed by atoms with Crippen LogP contribution in [0.5, 0.6) is 0 Å². The fraction of sp³-hybridized carbons (Fsp3) is 0. The molecule has 0 amide bonds. The van der Waals surface area contributed by atoms with Crippen LogP contribution in [0.15, 0.2) is 110 Å². The number of fused-ring (bicyclic) bond motifs is 6. The molecule has 0 saturated heterocycles. The van der Waals surface area contributed by atoms with Gasteiger partial charge in [0.2, 0.25) is 0 Å². The molecule has 0 spiro atoms. The van der Waals surface area contributed by atoms with Crippen molar-refractivity contribution in [2.75, 3.05) is 0 Å². The summed E-state index contributed by atoms with van der Waals surface area (Å²) < 4.78 is 4.44. The summed E-state index contributed by atoms with van der Waals surface area (Å²) in [5.74, 6) is 0. The smallest absolute Gasteiger partial charge is 0.0907 e. The van der Waals surface area contributed by atoms with Gasteiger partial charge in [-0.25, -0.2) is 0 Å². The van der Waals surface area contributed by atoms with Crippen LogP contribution in [0.3, 0.4) is 0 Å². The highest BCUT2D eigenvalue weighted by molar-refractivity contribution is 6.09. The molecule has 178 valence electrons. The molecule has 38 heavy (non-hydrogen) atoms. The van der Waals surface area contributed by atoms with Gasteiger partial charge in [0.15, 0.2) is 0 Å². The zero-order valence-corrected chi connectivity index (χ0v) is 20.0. The zero-order valence-electron chi connectivity index (χ0n) is 20.0. The van der Waals surface area contributed by atoms with Crippen molar-refractivity contribution in [2.24, 2.45) is 0 Å². The summed E-state index contributed by atoms with van der Waals surface area (Å²) in [6.07, 6.45) is 18.5. The number of aromatic nitrogens is 8. The molecule has 8 aromatic rings. The van der Waals surface area contributed by atoms with Crippen LogP contribution in [0.4, 0.5) is 0 Å². The van der Waals surface area contributed by atoms with Crippen LogP contribution in [0.2, 0.25) is 0 Å². The van der Waals surface area contributed by atoms with Gasteiger partial charge in [0, 0.05) is 94.9 Å². The van der Waals surface area contributed by atoms with E-state index in [9.17, 15) is 0 Å². The van der Waals surface area contributed by atoms with Crippen LogP contribution in [-0.4, -0.2) is 39.0 Å². The van der Waals surface area contributed by atoms with Crippen molar-refractivity contribution in [1.29, 1.82) is 0 Å². The lowest BCUT2D eigenvalue weighted by Crippen LogP contribution is -1.98. The van der Waals surface area contributed by atoms with Gasteiger partial charge in [-0.1, -0.05) is 0 Å². The van der Waals surface area contributed by atoms with E-state index in [0.717, 1.165) is 66.4 Å². The molecule has 0 atom stereocenters. The highest BCUT2D eigenvalue weighted by atomic mass is 15.0. The second-order valence-electron chi connectivity index (χ2n) is 9.04. The second kappa shape index (κ2) is 8.01. The standard InChI is InChI=1S/C30H18N8/c1-11-35-25(13-19(1)37-27-3-7-31-15-21(27)22-16-32-8-4-28(22)37)26-14-20(2-12-36-26)38-29-5-9-33-17-23(29)24-18-34-10-6-30(24)38/h1-18H. The summed E-state index contributed by atoms with van der Waals surface area (Å²) in [7, 11) is 0. The van der Waals surface area contributed by atoms with Crippen molar-refractivity contribution < 1.29 is 0 Å². The summed E-state index contributed by atoms with van der Waals surface area (Å²) in [6.45, 7) is 0. The van der Waals surface area contributed by atoms with Crippen molar-refractivity contribution in [3.63, 3.8) is 0 Å². The van der Waals surface area contributed by atoms with Gasteiger partial charge in [0.1, 0.15) is 0 Å². The van der Waals surface area contributed by atoms with Crippen LogP contribution in [-0.2, 0) is 0 Å². The van der Waals surface area contributed by atoms with Gasteiger partial charge in [0.05, 0.1) is 33.5 Å². The van der Waals surface area contributed by atoms with Gasteiger partial charge >= 0.3 is 0 Å². The summed E-state index contributed by atoms with van der Waals surface area (Å²) in [4.78, 5) is 26.7. The quantitative estimate of drug-likeness (QED) is 0.306. The van der Waals surface area contributed by atoms with Crippen molar-refractivity contribution in [3.8, 4) is 22.8 Å². The van der Waals surface area contributed by atoms with Crippen molar-refractivity contribution in [1.82, 2.24) is 39.0 Å². The van der Waals surface area contributed by atoms with Crippen LogP contribution >= 0.6 is 0 Å². The average Bonchev–Trinajstić information content (AvgIpc) is 3.51. The van der Waals surface area contributed by atoms with Crippen molar-refractivity contribution in [2.45, 2.75) is 0 Å². The predicted octanol–water partition coefficient (Wildman–Crippen LogP) is 5.92. The molecular formula is C30H18N8. The van der Waals surface area contributed by atoms with E-state index in [0.29, 0.717) is 0 Å². The molecule has 8 rings (SSSR count). The Balaban J connectivity index is 1.32. The largest absolute Gasteiger partial charge is 0.309 e. The summed E-state index contributed by atoms with van der Waals surface area (Å²) in [5, 5.41) is 4.24.